The van der Waals surface area contributed by atoms with E-state index in [0.717, 1.165) is 10.0 Å². The Kier molecular flexibility index (Phi) is 7.37. The molecule has 26 heavy (non-hydrogen) atoms. The van der Waals surface area contributed by atoms with Crippen molar-refractivity contribution >= 4 is 31.9 Å². The number of amides is 1. The van der Waals surface area contributed by atoms with Crippen molar-refractivity contribution in [2.75, 3.05) is 0 Å². The van der Waals surface area contributed by atoms with Gasteiger partial charge in [0.05, 0.1) is 17.8 Å². The lowest BCUT2D eigenvalue weighted by Crippen LogP contribution is -2.46. The van der Waals surface area contributed by atoms with E-state index < -0.39 is 16.1 Å². The third-order valence-corrected chi connectivity index (χ3v) is 5.90. The first-order chi connectivity index (χ1) is 12.3. The van der Waals surface area contributed by atoms with Crippen LogP contribution in [0.2, 0.25) is 0 Å². The zero-order valence-electron chi connectivity index (χ0n) is 14.8. The van der Waals surface area contributed by atoms with Crippen molar-refractivity contribution < 1.29 is 13.2 Å². The van der Waals surface area contributed by atoms with Gasteiger partial charge in [0.25, 0.3) is 0 Å². The van der Waals surface area contributed by atoms with Gasteiger partial charge in [0.1, 0.15) is 0 Å². The predicted molar refractivity (Wildman–Crippen MR) is 107 cm³/mol. The zero-order chi connectivity index (χ0) is 19.2. The van der Waals surface area contributed by atoms with Crippen molar-refractivity contribution in [1.82, 2.24) is 10.0 Å². The summed E-state index contributed by atoms with van der Waals surface area (Å²) in [6.07, 6.45) is 0.705. The van der Waals surface area contributed by atoms with Gasteiger partial charge in [-0.1, -0.05) is 65.3 Å². The number of sulfonamides is 1. The third-order valence-electron chi connectivity index (χ3n) is 3.95. The largest absolute Gasteiger partial charge is 0.348 e. The van der Waals surface area contributed by atoms with Gasteiger partial charge >= 0.3 is 0 Å². The number of benzene rings is 2. The van der Waals surface area contributed by atoms with Crippen molar-refractivity contribution in [3.05, 3.63) is 70.2 Å². The number of rotatable bonds is 8. The molecule has 7 heteroatoms. The normalized spacial score (nSPS) is 13.8. The molecule has 0 aromatic heterocycles. The topological polar surface area (TPSA) is 75.3 Å². The SMILES string of the molecule is CCC(NC(=O)C(C)NS(=O)(=O)Cc1ccccc1)c1ccc(Br)cc1. The number of nitrogens with one attached hydrogen (secondary N) is 2. The summed E-state index contributed by atoms with van der Waals surface area (Å²) in [4.78, 5) is 12.4. The van der Waals surface area contributed by atoms with Crippen molar-refractivity contribution in [3.63, 3.8) is 0 Å². The van der Waals surface area contributed by atoms with E-state index in [1.807, 2.05) is 37.3 Å². The van der Waals surface area contributed by atoms with E-state index in [1.165, 1.54) is 0 Å². The summed E-state index contributed by atoms with van der Waals surface area (Å²) in [6.45, 7) is 3.52. The lowest BCUT2D eigenvalue weighted by atomic mass is 10.0. The van der Waals surface area contributed by atoms with Crippen LogP contribution in [0.5, 0.6) is 0 Å². The molecule has 0 aliphatic rings. The van der Waals surface area contributed by atoms with Crippen LogP contribution in [0.25, 0.3) is 0 Å². The highest BCUT2D eigenvalue weighted by atomic mass is 79.9. The van der Waals surface area contributed by atoms with Crippen LogP contribution in [0.1, 0.15) is 37.4 Å². The maximum Gasteiger partial charge on any atom is 0.238 e. The van der Waals surface area contributed by atoms with Crippen LogP contribution in [-0.4, -0.2) is 20.4 Å². The second-order valence-electron chi connectivity index (χ2n) is 6.11. The monoisotopic (exact) mass is 438 g/mol. The summed E-state index contributed by atoms with van der Waals surface area (Å²) >= 11 is 3.39. The van der Waals surface area contributed by atoms with Crippen LogP contribution in [0.4, 0.5) is 0 Å². The number of hydrogen-bond donors (Lipinski definition) is 2. The van der Waals surface area contributed by atoms with Crippen LogP contribution >= 0.6 is 15.9 Å². The van der Waals surface area contributed by atoms with Gasteiger partial charge in [-0.3, -0.25) is 4.79 Å². The minimum atomic E-state index is -3.61. The van der Waals surface area contributed by atoms with Gasteiger partial charge in [-0.15, -0.1) is 0 Å². The van der Waals surface area contributed by atoms with Gasteiger partial charge in [-0.25, -0.2) is 13.1 Å². The van der Waals surface area contributed by atoms with Crippen LogP contribution in [0.15, 0.2) is 59.1 Å². The summed E-state index contributed by atoms with van der Waals surface area (Å²) in [6, 6.07) is 15.5. The average molecular weight is 439 g/mol. The minimum Gasteiger partial charge on any atom is -0.348 e. The quantitative estimate of drug-likeness (QED) is 0.661. The standard InChI is InChI=1S/C19H23BrN2O3S/c1-3-18(16-9-11-17(20)12-10-16)21-19(23)14(2)22-26(24,25)13-15-7-5-4-6-8-15/h4-12,14,18,22H,3,13H2,1-2H3,(H,21,23). The Morgan fingerprint density at radius 1 is 1.08 bits per heavy atom. The van der Waals surface area contributed by atoms with E-state index in [-0.39, 0.29) is 17.7 Å². The average Bonchev–Trinajstić information content (AvgIpc) is 2.60. The molecule has 0 spiro atoms. The molecule has 2 N–H and O–H groups in total. The maximum atomic E-state index is 12.4. The van der Waals surface area contributed by atoms with Crippen LogP contribution in [0, 0.1) is 0 Å². The van der Waals surface area contributed by atoms with Gasteiger partial charge in [0, 0.05) is 4.47 Å². The first-order valence-electron chi connectivity index (χ1n) is 8.40. The van der Waals surface area contributed by atoms with Gasteiger partial charge in [-0.05, 0) is 36.6 Å². The second-order valence-corrected chi connectivity index (χ2v) is 8.77. The van der Waals surface area contributed by atoms with Crippen molar-refractivity contribution in [2.24, 2.45) is 0 Å². The molecule has 1 amide bonds. The molecule has 0 aliphatic carbocycles. The molecule has 0 bridgehead atoms. The Bertz CT molecular complexity index is 824. The van der Waals surface area contributed by atoms with E-state index in [0.29, 0.717) is 12.0 Å². The van der Waals surface area contributed by atoms with E-state index in [1.54, 1.807) is 31.2 Å². The fraction of sp³-hybridized carbons (Fsp3) is 0.316. The van der Waals surface area contributed by atoms with E-state index in [9.17, 15) is 13.2 Å². The molecule has 5 nitrogen and oxygen atoms in total. The van der Waals surface area contributed by atoms with E-state index >= 15 is 0 Å². The van der Waals surface area contributed by atoms with Crippen LogP contribution < -0.4 is 10.0 Å². The number of carbonyl (C=O) groups excluding carboxylic acids is 1. The molecule has 2 rings (SSSR count). The molecule has 2 atom stereocenters. The molecule has 2 aromatic carbocycles. The highest BCUT2D eigenvalue weighted by Crippen LogP contribution is 2.19. The van der Waals surface area contributed by atoms with Crippen molar-refractivity contribution in [2.45, 2.75) is 38.1 Å². The molecule has 0 saturated heterocycles. The molecule has 2 aromatic rings. The highest BCUT2D eigenvalue weighted by Gasteiger charge is 2.22. The Balaban J connectivity index is 1.98. The number of hydrogen-bond acceptors (Lipinski definition) is 3. The van der Waals surface area contributed by atoms with Gasteiger partial charge in [0.15, 0.2) is 0 Å². The lowest BCUT2D eigenvalue weighted by molar-refractivity contribution is -0.123. The lowest BCUT2D eigenvalue weighted by Gasteiger charge is -2.21. The summed E-state index contributed by atoms with van der Waals surface area (Å²) in [5, 5.41) is 2.91. The molecular formula is C19H23BrN2O3S. The summed E-state index contributed by atoms with van der Waals surface area (Å²) in [5.41, 5.74) is 1.65. The minimum absolute atomic E-state index is 0.157. The van der Waals surface area contributed by atoms with Crippen LogP contribution in [-0.2, 0) is 20.6 Å². The summed E-state index contributed by atoms with van der Waals surface area (Å²) in [7, 11) is -3.61. The number of carbonyl (C=O) groups is 1. The number of halogens is 1. The van der Waals surface area contributed by atoms with Gasteiger partial charge in [-0.2, -0.15) is 0 Å². The molecule has 140 valence electrons. The smallest absolute Gasteiger partial charge is 0.238 e. The first kappa shape index (κ1) is 20.6. The molecule has 0 aliphatic heterocycles. The predicted octanol–water partition coefficient (Wildman–Crippen LogP) is 3.52. The molecule has 0 radical (unpaired) electrons. The Morgan fingerprint density at radius 2 is 1.69 bits per heavy atom. The van der Waals surface area contributed by atoms with E-state index in [2.05, 4.69) is 26.0 Å². The van der Waals surface area contributed by atoms with Crippen LogP contribution in [0.3, 0.4) is 0 Å². The first-order valence-corrected chi connectivity index (χ1v) is 10.8. The molecule has 0 heterocycles. The molecule has 2 unspecified atom stereocenters. The Hall–Kier alpha value is -1.70. The van der Waals surface area contributed by atoms with Crippen molar-refractivity contribution in [3.8, 4) is 0 Å². The van der Waals surface area contributed by atoms with E-state index in [4.69, 9.17) is 0 Å². The second kappa shape index (κ2) is 9.30. The molecule has 0 fully saturated rings. The van der Waals surface area contributed by atoms with Gasteiger partial charge < -0.3 is 5.32 Å². The Morgan fingerprint density at radius 3 is 2.27 bits per heavy atom. The summed E-state index contributed by atoms with van der Waals surface area (Å²) < 4.78 is 28.0. The van der Waals surface area contributed by atoms with Gasteiger partial charge in [0.2, 0.25) is 15.9 Å². The van der Waals surface area contributed by atoms with Crippen molar-refractivity contribution in [1.29, 1.82) is 0 Å². The maximum absolute atomic E-state index is 12.4. The highest BCUT2D eigenvalue weighted by molar-refractivity contribution is 9.10. The fourth-order valence-electron chi connectivity index (χ4n) is 2.57. The zero-order valence-corrected chi connectivity index (χ0v) is 17.2. The summed E-state index contributed by atoms with van der Waals surface area (Å²) in [5.74, 6) is -0.508. The molecule has 0 saturated carbocycles. The molecular weight excluding hydrogens is 416 g/mol. The third kappa shape index (κ3) is 6.23. The Labute approximate surface area is 163 Å². The fourth-order valence-corrected chi connectivity index (χ4v) is 4.20.